The first-order valence-electron chi connectivity index (χ1n) is 6.10. The zero-order chi connectivity index (χ0) is 12.3. The summed E-state index contributed by atoms with van der Waals surface area (Å²) in [6, 6.07) is 0. The van der Waals surface area contributed by atoms with Crippen LogP contribution in [0.4, 0.5) is 0 Å². The monoisotopic (exact) mass is 325 g/mol. The summed E-state index contributed by atoms with van der Waals surface area (Å²) in [5.41, 5.74) is 6.23. The number of aryl methyl sites for hydroxylation is 1. The lowest BCUT2D eigenvalue weighted by atomic mass is 9.98. The highest BCUT2D eigenvalue weighted by Crippen LogP contribution is 2.40. The number of hydrogen-bond acceptors (Lipinski definition) is 4. The van der Waals surface area contributed by atoms with Gasteiger partial charge in [0, 0.05) is 24.0 Å². The first-order valence-corrected chi connectivity index (χ1v) is 6.98. The molecule has 3 N–H and O–H groups in total. The normalized spacial score (nSPS) is 16.3. The molecule has 110 valence electrons. The number of nitrogens with two attached hydrogens (primary N) is 1. The molecule has 1 heterocycles. The van der Waals surface area contributed by atoms with Gasteiger partial charge in [-0.25, -0.2) is 4.98 Å². The standard InChI is InChI=1S/C12H19N3OS.2ClH/c1-9-8-17-11(14-9)12(5-2-3-6-12)15-10(16)4-7-13;;/h8H,2-7,13H2,1H3,(H,15,16);2*1H. The molecule has 7 heteroatoms. The van der Waals surface area contributed by atoms with Gasteiger partial charge in [-0.3, -0.25) is 4.79 Å². The summed E-state index contributed by atoms with van der Waals surface area (Å²) in [5, 5.41) is 6.25. The average Bonchev–Trinajstić information content (AvgIpc) is 2.88. The molecule has 1 fully saturated rings. The molecule has 1 aliphatic rings. The number of thiazole rings is 1. The minimum absolute atomic E-state index is 0. The minimum atomic E-state index is -0.217. The van der Waals surface area contributed by atoms with Crippen LogP contribution >= 0.6 is 36.2 Å². The number of aromatic nitrogens is 1. The van der Waals surface area contributed by atoms with E-state index in [1.54, 1.807) is 11.3 Å². The number of nitrogens with zero attached hydrogens (tertiary/aromatic N) is 1. The van der Waals surface area contributed by atoms with E-state index in [1.165, 1.54) is 0 Å². The summed E-state index contributed by atoms with van der Waals surface area (Å²) < 4.78 is 0. The summed E-state index contributed by atoms with van der Waals surface area (Å²) in [7, 11) is 0. The van der Waals surface area contributed by atoms with E-state index in [4.69, 9.17) is 5.73 Å². The highest BCUT2D eigenvalue weighted by atomic mass is 35.5. The number of carbonyl (C=O) groups is 1. The van der Waals surface area contributed by atoms with Gasteiger partial charge in [0.15, 0.2) is 0 Å². The first-order chi connectivity index (χ1) is 8.16. The average molecular weight is 326 g/mol. The molecule has 1 amide bonds. The van der Waals surface area contributed by atoms with Crippen LogP contribution in [0.3, 0.4) is 0 Å². The van der Waals surface area contributed by atoms with Gasteiger partial charge in [-0.1, -0.05) is 12.8 Å². The largest absolute Gasteiger partial charge is 0.344 e. The molecule has 1 aromatic heterocycles. The van der Waals surface area contributed by atoms with Crippen molar-refractivity contribution in [1.29, 1.82) is 0 Å². The fourth-order valence-corrected chi connectivity index (χ4v) is 3.42. The molecule has 0 saturated heterocycles. The van der Waals surface area contributed by atoms with Crippen molar-refractivity contribution in [1.82, 2.24) is 10.3 Å². The molecule has 1 saturated carbocycles. The van der Waals surface area contributed by atoms with Crippen LogP contribution in [-0.4, -0.2) is 17.4 Å². The van der Waals surface area contributed by atoms with Crippen LogP contribution in [-0.2, 0) is 10.3 Å². The van der Waals surface area contributed by atoms with Crippen molar-refractivity contribution in [3.63, 3.8) is 0 Å². The van der Waals surface area contributed by atoms with Gasteiger partial charge in [0.05, 0.1) is 5.54 Å². The van der Waals surface area contributed by atoms with Gasteiger partial charge in [0.1, 0.15) is 5.01 Å². The zero-order valence-corrected chi connectivity index (χ0v) is 13.4. The summed E-state index contributed by atoms with van der Waals surface area (Å²) in [5.74, 6) is 0.0438. The van der Waals surface area contributed by atoms with Crippen molar-refractivity contribution < 1.29 is 4.79 Å². The number of halogens is 2. The Morgan fingerprint density at radius 3 is 2.58 bits per heavy atom. The van der Waals surface area contributed by atoms with E-state index < -0.39 is 0 Å². The van der Waals surface area contributed by atoms with Crippen LogP contribution in [0.5, 0.6) is 0 Å². The van der Waals surface area contributed by atoms with Crippen molar-refractivity contribution in [2.45, 2.75) is 44.6 Å². The number of nitrogens with one attached hydrogen (secondary N) is 1. The van der Waals surface area contributed by atoms with Crippen molar-refractivity contribution in [3.8, 4) is 0 Å². The Labute approximate surface area is 130 Å². The third kappa shape index (κ3) is 4.31. The Bertz CT molecular complexity index is 405. The summed E-state index contributed by atoms with van der Waals surface area (Å²) in [6.45, 7) is 2.39. The molecule has 0 spiro atoms. The third-order valence-electron chi connectivity index (χ3n) is 3.24. The maximum atomic E-state index is 11.8. The Kier molecular flexibility index (Phi) is 7.89. The predicted octanol–water partition coefficient (Wildman–Crippen LogP) is 2.53. The molecule has 1 aliphatic carbocycles. The summed E-state index contributed by atoms with van der Waals surface area (Å²) >= 11 is 1.65. The molecule has 0 radical (unpaired) electrons. The van der Waals surface area contributed by atoms with Gasteiger partial charge in [-0.15, -0.1) is 36.2 Å². The van der Waals surface area contributed by atoms with Crippen molar-refractivity contribution >= 4 is 42.1 Å². The maximum Gasteiger partial charge on any atom is 0.222 e. The van der Waals surface area contributed by atoms with Crippen molar-refractivity contribution in [2.75, 3.05) is 6.54 Å². The second-order valence-corrected chi connectivity index (χ2v) is 5.53. The summed E-state index contributed by atoms with van der Waals surface area (Å²) in [6.07, 6.45) is 4.70. The minimum Gasteiger partial charge on any atom is -0.344 e. The SMILES string of the molecule is Cc1csc(C2(NC(=O)CCN)CCCC2)n1.Cl.Cl. The molecular weight excluding hydrogens is 305 g/mol. The second kappa shape index (κ2) is 8.04. The molecule has 2 rings (SSSR count). The van der Waals surface area contributed by atoms with Crippen molar-refractivity contribution in [2.24, 2.45) is 5.73 Å². The number of carbonyl (C=O) groups excluding carboxylic acids is 1. The van der Waals surface area contributed by atoms with E-state index in [0.29, 0.717) is 13.0 Å². The van der Waals surface area contributed by atoms with Gasteiger partial charge in [0.25, 0.3) is 0 Å². The topological polar surface area (TPSA) is 68.0 Å². The van der Waals surface area contributed by atoms with Gasteiger partial charge < -0.3 is 11.1 Å². The van der Waals surface area contributed by atoms with E-state index in [9.17, 15) is 4.79 Å². The molecule has 4 nitrogen and oxygen atoms in total. The fourth-order valence-electron chi connectivity index (χ4n) is 2.41. The Morgan fingerprint density at radius 2 is 2.11 bits per heavy atom. The lowest BCUT2D eigenvalue weighted by Gasteiger charge is -2.28. The van der Waals surface area contributed by atoms with Crippen LogP contribution in [0.15, 0.2) is 5.38 Å². The molecular formula is C12H21Cl2N3OS. The highest BCUT2D eigenvalue weighted by Gasteiger charge is 2.39. The van der Waals surface area contributed by atoms with E-state index in [1.807, 2.05) is 12.3 Å². The smallest absolute Gasteiger partial charge is 0.222 e. The fraction of sp³-hybridized carbons (Fsp3) is 0.667. The van der Waals surface area contributed by atoms with Crippen LogP contribution in [0, 0.1) is 6.92 Å². The van der Waals surface area contributed by atoms with Gasteiger partial charge in [-0.2, -0.15) is 0 Å². The molecule has 19 heavy (non-hydrogen) atoms. The molecule has 1 aromatic rings. The quantitative estimate of drug-likeness (QED) is 0.893. The Hall–Kier alpha value is -0.360. The van der Waals surface area contributed by atoms with E-state index in [-0.39, 0.29) is 36.3 Å². The number of amides is 1. The second-order valence-electron chi connectivity index (χ2n) is 4.67. The lowest BCUT2D eigenvalue weighted by Crippen LogP contribution is -2.44. The Balaban J connectivity index is 0.00000162. The van der Waals surface area contributed by atoms with Crippen LogP contribution in [0.25, 0.3) is 0 Å². The van der Waals surface area contributed by atoms with E-state index >= 15 is 0 Å². The first kappa shape index (κ1) is 18.6. The molecule has 0 bridgehead atoms. The van der Waals surface area contributed by atoms with Gasteiger partial charge >= 0.3 is 0 Å². The van der Waals surface area contributed by atoms with Gasteiger partial charge in [0.2, 0.25) is 5.91 Å². The maximum absolute atomic E-state index is 11.8. The van der Waals surface area contributed by atoms with Crippen LogP contribution in [0.1, 0.15) is 42.8 Å². The summed E-state index contributed by atoms with van der Waals surface area (Å²) in [4.78, 5) is 16.3. The molecule has 0 aliphatic heterocycles. The molecule has 0 aromatic carbocycles. The molecule has 0 unspecified atom stereocenters. The predicted molar refractivity (Wildman–Crippen MR) is 83.3 cm³/mol. The van der Waals surface area contributed by atoms with Crippen molar-refractivity contribution in [3.05, 3.63) is 16.1 Å². The van der Waals surface area contributed by atoms with Crippen LogP contribution in [0.2, 0.25) is 0 Å². The third-order valence-corrected chi connectivity index (χ3v) is 4.40. The Morgan fingerprint density at radius 1 is 1.47 bits per heavy atom. The number of hydrogen-bond donors (Lipinski definition) is 2. The lowest BCUT2D eigenvalue weighted by molar-refractivity contribution is -0.122. The van der Waals surface area contributed by atoms with E-state index in [0.717, 1.165) is 36.4 Å². The van der Waals surface area contributed by atoms with Gasteiger partial charge in [-0.05, 0) is 19.8 Å². The van der Waals surface area contributed by atoms with E-state index in [2.05, 4.69) is 10.3 Å². The zero-order valence-electron chi connectivity index (χ0n) is 11.0. The highest BCUT2D eigenvalue weighted by molar-refractivity contribution is 7.09. The molecule has 0 atom stereocenters. The van der Waals surface area contributed by atoms with Crippen LogP contribution < -0.4 is 11.1 Å². The number of rotatable bonds is 4.